The van der Waals surface area contributed by atoms with Gasteiger partial charge in [-0.1, -0.05) is 0 Å². The lowest BCUT2D eigenvalue weighted by atomic mass is 10.7. The highest BCUT2D eigenvalue weighted by molar-refractivity contribution is 5.72. The van der Waals surface area contributed by atoms with Crippen molar-refractivity contribution in [3.8, 4) is 0 Å². The van der Waals surface area contributed by atoms with Crippen molar-refractivity contribution < 1.29 is 9.53 Å². The van der Waals surface area contributed by atoms with Gasteiger partial charge in [-0.05, 0) is 0 Å². The van der Waals surface area contributed by atoms with Gasteiger partial charge in [-0.15, -0.1) is 0 Å². The Morgan fingerprint density at radius 2 is 2.43 bits per heavy atom. The van der Waals surface area contributed by atoms with E-state index in [0.717, 1.165) is 0 Å². The fourth-order valence-electron chi connectivity index (χ4n) is 0.174. The van der Waals surface area contributed by atoms with E-state index in [9.17, 15) is 4.79 Å². The molecule has 0 aromatic heterocycles. The first-order chi connectivity index (χ1) is 3.27. The van der Waals surface area contributed by atoms with Crippen molar-refractivity contribution in [2.45, 2.75) is 6.92 Å². The molecule has 0 heterocycles. The van der Waals surface area contributed by atoms with Crippen molar-refractivity contribution in [1.29, 1.82) is 0 Å². The molecule has 0 aromatic carbocycles. The Balaban J connectivity index is 2.82. The van der Waals surface area contributed by atoms with Crippen LogP contribution in [0.4, 0.5) is 0 Å². The van der Waals surface area contributed by atoms with E-state index in [1.54, 1.807) is 0 Å². The highest BCUT2D eigenvalue weighted by atomic mass is 16.5. The van der Waals surface area contributed by atoms with Gasteiger partial charge < -0.3 is 10.1 Å². The molecule has 0 aliphatic heterocycles. The second-order valence-corrected chi connectivity index (χ2v) is 1.17. The number of hydrogen-bond acceptors (Lipinski definition) is 2. The Morgan fingerprint density at radius 3 is 2.57 bits per heavy atom. The van der Waals surface area contributed by atoms with Crippen LogP contribution in [-0.4, -0.2) is 19.7 Å². The van der Waals surface area contributed by atoms with Crippen LogP contribution >= 0.6 is 0 Å². The molecule has 0 unspecified atom stereocenters. The maximum atomic E-state index is 10.0. The van der Waals surface area contributed by atoms with Crippen LogP contribution in [0, 0.1) is 0 Å². The molecule has 42 valence electrons. The lowest BCUT2D eigenvalue weighted by molar-refractivity contribution is -0.120. The summed E-state index contributed by atoms with van der Waals surface area (Å²) in [5, 5.41) is 2.43. The van der Waals surface area contributed by atoms with Crippen molar-refractivity contribution >= 4 is 5.91 Å². The van der Waals surface area contributed by atoms with E-state index >= 15 is 0 Å². The molecule has 0 fully saturated rings. The summed E-state index contributed by atoms with van der Waals surface area (Å²) >= 11 is 0. The van der Waals surface area contributed by atoms with E-state index in [0.29, 0.717) is 6.73 Å². The summed E-state index contributed by atoms with van der Waals surface area (Å²) in [7, 11) is 1.52. The van der Waals surface area contributed by atoms with Crippen molar-refractivity contribution in [1.82, 2.24) is 5.32 Å². The quantitative estimate of drug-likeness (QED) is 0.488. The molecule has 0 bridgehead atoms. The van der Waals surface area contributed by atoms with E-state index in [-0.39, 0.29) is 5.91 Å². The lowest BCUT2D eigenvalue weighted by Crippen LogP contribution is -2.21. The molecular formula is C4H9NO2. The van der Waals surface area contributed by atoms with Gasteiger partial charge in [-0.25, -0.2) is 0 Å². The summed E-state index contributed by atoms with van der Waals surface area (Å²) < 4.78 is 4.52. The van der Waals surface area contributed by atoms with E-state index in [2.05, 4.69) is 10.1 Å². The predicted octanol–water partition coefficient (Wildman–Crippen LogP) is -0.274. The minimum Gasteiger partial charge on any atom is -0.364 e. The standard InChI is InChI=1S/C4H9NO2/c1-4(6)5-3-7-2/h3H2,1-2H3,(H,5,6). The molecule has 0 spiro atoms. The maximum Gasteiger partial charge on any atom is 0.218 e. The third kappa shape index (κ3) is 5.43. The van der Waals surface area contributed by atoms with Crippen LogP contribution in [0.2, 0.25) is 0 Å². The molecule has 0 aliphatic rings. The summed E-state index contributed by atoms with van der Waals surface area (Å²) in [6.45, 7) is 1.74. The number of nitrogens with one attached hydrogen (secondary N) is 1. The van der Waals surface area contributed by atoms with Crippen molar-refractivity contribution in [3.63, 3.8) is 0 Å². The maximum absolute atomic E-state index is 10.0. The lowest BCUT2D eigenvalue weighted by Gasteiger charge is -1.95. The first-order valence-corrected chi connectivity index (χ1v) is 2.00. The number of amides is 1. The largest absolute Gasteiger partial charge is 0.364 e. The number of carbonyl (C=O) groups excluding carboxylic acids is 1. The number of rotatable bonds is 2. The van der Waals surface area contributed by atoms with E-state index in [1.807, 2.05) is 0 Å². The molecule has 0 radical (unpaired) electrons. The average molecular weight is 103 g/mol. The molecule has 0 saturated heterocycles. The zero-order valence-corrected chi connectivity index (χ0v) is 4.52. The minimum absolute atomic E-state index is 0.0677. The van der Waals surface area contributed by atoms with Gasteiger partial charge in [-0.2, -0.15) is 0 Å². The highest BCUT2D eigenvalue weighted by Crippen LogP contribution is 1.59. The SMILES string of the molecule is COCNC(C)=O. The Bertz CT molecular complexity index is 62.7. The summed E-state index contributed by atoms with van der Waals surface area (Å²) in [5.74, 6) is -0.0677. The Morgan fingerprint density at radius 1 is 1.86 bits per heavy atom. The Labute approximate surface area is 42.7 Å². The summed E-state index contributed by atoms with van der Waals surface area (Å²) in [4.78, 5) is 10.0. The van der Waals surface area contributed by atoms with Crippen molar-refractivity contribution in [2.75, 3.05) is 13.8 Å². The molecule has 0 aromatic rings. The molecule has 1 amide bonds. The number of carbonyl (C=O) groups is 1. The van der Waals surface area contributed by atoms with E-state index < -0.39 is 0 Å². The molecular weight excluding hydrogens is 94.0 g/mol. The Kier molecular flexibility index (Phi) is 3.32. The first-order valence-electron chi connectivity index (χ1n) is 2.00. The molecule has 0 atom stereocenters. The van der Waals surface area contributed by atoms with Crippen LogP contribution < -0.4 is 5.32 Å². The topological polar surface area (TPSA) is 38.3 Å². The number of methoxy groups -OCH3 is 1. The van der Waals surface area contributed by atoms with Gasteiger partial charge >= 0.3 is 0 Å². The smallest absolute Gasteiger partial charge is 0.218 e. The van der Waals surface area contributed by atoms with Gasteiger partial charge in [0.25, 0.3) is 0 Å². The molecule has 0 aliphatic carbocycles. The molecule has 3 heteroatoms. The second-order valence-electron chi connectivity index (χ2n) is 1.17. The first kappa shape index (κ1) is 6.43. The molecule has 0 saturated carbocycles. The van der Waals surface area contributed by atoms with Gasteiger partial charge in [-0.3, -0.25) is 4.79 Å². The summed E-state index contributed by atoms with van der Waals surface area (Å²) in [6, 6.07) is 0. The van der Waals surface area contributed by atoms with Crippen LogP contribution in [0.15, 0.2) is 0 Å². The van der Waals surface area contributed by atoms with Gasteiger partial charge in [0.2, 0.25) is 5.91 Å². The van der Waals surface area contributed by atoms with Crippen LogP contribution in [0.3, 0.4) is 0 Å². The van der Waals surface area contributed by atoms with Crippen molar-refractivity contribution in [2.24, 2.45) is 0 Å². The van der Waals surface area contributed by atoms with Crippen LogP contribution in [-0.2, 0) is 9.53 Å². The van der Waals surface area contributed by atoms with Gasteiger partial charge in [0, 0.05) is 14.0 Å². The monoisotopic (exact) mass is 103 g/mol. The third-order valence-electron chi connectivity index (χ3n) is 0.465. The number of ether oxygens (including phenoxy) is 1. The molecule has 7 heavy (non-hydrogen) atoms. The zero-order valence-electron chi connectivity index (χ0n) is 4.52. The number of hydrogen-bond donors (Lipinski definition) is 1. The van der Waals surface area contributed by atoms with Crippen LogP contribution in [0.25, 0.3) is 0 Å². The van der Waals surface area contributed by atoms with Crippen LogP contribution in [0.5, 0.6) is 0 Å². The van der Waals surface area contributed by atoms with E-state index in [1.165, 1.54) is 14.0 Å². The summed E-state index contributed by atoms with van der Waals surface area (Å²) in [6.07, 6.45) is 0. The second kappa shape index (κ2) is 3.61. The van der Waals surface area contributed by atoms with Gasteiger partial charge in [0.05, 0.1) is 0 Å². The summed E-state index contributed by atoms with van der Waals surface area (Å²) in [5.41, 5.74) is 0. The predicted molar refractivity (Wildman–Crippen MR) is 25.7 cm³/mol. The highest BCUT2D eigenvalue weighted by Gasteiger charge is 1.82. The van der Waals surface area contributed by atoms with Crippen LogP contribution in [0.1, 0.15) is 6.92 Å². The molecule has 3 nitrogen and oxygen atoms in total. The average Bonchev–Trinajstić information content (AvgIpc) is 1.61. The molecule has 0 rings (SSSR count). The zero-order chi connectivity index (χ0) is 5.70. The van der Waals surface area contributed by atoms with Gasteiger partial charge in [0.1, 0.15) is 6.73 Å². The third-order valence-corrected chi connectivity index (χ3v) is 0.465. The van der Waals surface area contributed by atoms with Crippen molar-refractivity contribution in [3.05, 3.63) is 0 Å². The fourth-order valence-corrected chi connectivity index (χ4v) is 0.174. The molecule has 1 N–H and O–H groups in total. The van der Waals surface area contributed by atoms with Gasteiger partial charge in [0.15, 0.2) is 0 Å². The fraction of sp³-hybridized carbons (Fsp3) is 0.750. The van der Waals surface area contributed by atoms with E-state index in [4.69, 9.17) is 0 Å². The Hall–Kier alpha value is -0.570. The minimum atomic E-state index is -0.0677. The normalized spacial score (nSPS) is 8.29.